The first-order chi connectivity index (χ1) is 14.1. The average Bonchev–Trinajstić information content (AvgIpc) is 2.75. The van der Waals surface area contributed by atoms with Crippen molar-refractivity contribution in [3.63, 3.8) is 0 Å². The Balaban J connectivity index is 1.52. The number of hydrogen-bond acceptors (Lipinski definition) is 5. The van der Waals surface area contributed by atoms with Crippen LogP contribution in [0.5, 0.6) is 5.75 Å². The summed E-state index contributed by atoms with van der Waals surface area (Å²) in [7, 11) is 1.70. The van der Waals surface area contributed by atoms with Gasteiger partial charge in [-0.05, 0) is 30.7 Å². The molecule has 4 rings (SSSR count). The van der Waals surface area contributed by atoms with Crippen LogP contribution in [-0.2, 0) is 11.3 Å². The number of rotatable bonds is 5. The summed E-state index contributed by atoms with van der Waals surface area (Å²) in [5.74, 6) is 0.589. The first-order valence-corrected chi connectivity index (χ1v) is 9.68. The highest BCUT2D eigenvalue weighted by Gasteiger charge is 2.24. The van der Waals surface area contributed by atoms with Gasteiger partial charge in [0.1, 0.15) is 17.7 Å². The molecule has 2 heterocycles. The minimum absolute atomic E-state index is 0.209. The molecule has 0 saturated carbocycles. The lowest BCUT2D eigenvalue weighted by Gasteiger charge is -2.33. The summed E-state index contributed by atoms with van der Waals surface area (Å²) in [6.45, 7) is 4.94. The summed E-state index contributed by atoms with van der Waals surface area (Å²) in [5.41, 5.74) is 3.99. The van der Waals surface area contributed by atoms with E-state index in [1.165, 1.54) is 11.6 Å². The smallest absolute Gasteiger partial charge is 0.132 e. The van der Waals surface area contributed by atoms with Gasteiger partial charge in [-0.2, -0.15) is 0 Å². The monoisotopic (exact) mass is 393 g/mol. The maximum atomic E-state index is 14.1. The van der Waals surface area contributed by atoms with Gasteiger partial charge in [-0.25, -0.2) is 9.37 Å². The van der Waals surface area contributed by atoms with E-state index in [0.29, 0.717) is 30.1 Å². The molecule has 1 aliphatic heterocycles. The second-order valence-corrected chi connectivity index (χ2v) is 7.22. The molecule has 1 saturated heterocycles. The zero-order valence-electron chi connectivity index (χ0n) is 16.6. The van der Waals surface area contributed by atoms with E-state index in [1.807, 2.05) is 0 Å². The number of aromatic nitrogens is 2. The Hall–Kier alpha value is -2.83. The van der Waals surface area contributed by atoms with Crippen molar-refractivity contribution in [2.75, 3.05) is 26.8 Å². The maximum Gasteiger partial charge on any atom is 0.132 e. The third-order valence-corrected chi connectivity index (χ3v) is 5.12. The Bertz CT molecular complexity index is 995. The van der Waals surface area contributed by atoms with Gasteiger partial charge in [0.15, 0.2) is 0 Å². The standard InChI is InChI=1S/C23H24FN3O2/c1-16-7-8-17(22(11-16)28-2)14-27-9-10-29-23(15-27)21-13-25-12-20(26-21)18-5-3-4-6-19(18)24/h3-8,11-13,23H,9-10,14-15H2,1-2H3/t23-/m1/s1. The van der Waals surface area contributed by atoms with E-state index in [-0.39, 0.29) is 11.9 Å². The molecule has 0 amide bonds. The third kappa shape index (κ3) is 4.44. The lowest BCUT2D eigenvalue weighted by Crippen LogP contribution is -2.38. The van der Waals surface area contributed by atoms with Crippen LogP contribution < -0.4 is 4.74 Å². The van der Waals surface area contributed by atoms with Crippen LogP contribution in [0, 0.1) is 12.7 Å². The first kappa shape index (κ1) is 19.5. The summed E-state index contributed by atoms with van der Waals surface area (Å²) in [5, 5.41) is 0. The molecule has 1 aromatic heterocycles. The topological polar surface area (TPSA) is 47.5 Å². The number of halogens is 1. The Labute approximate surface area is 170 Å². The summed E-state index contributed by atoms with van der Waals surface area (Å²) in [4.78, 5) is 11.2. The molecule has 5 nitrogen and oxygen atoms in total. The van der Waals surface area contributed by atoms with Crippen LogP contribution in [0.15, 0.2) is 54.9 Å². The number of hydrogen-bond donors (Lipinski definition) is 0. The van der Waals surface area contributed by atoms with Crippen LogP contribution in [0.1, 0.15) is 22.9 Å². The van der Waals surface area contributed by atoms with E-state index in [4.69, 9.17) is 9.47 Å². The van der Waals surface area contributed by atoms with Crippen LogP contribution in [0.3, 0.4) is 0 Å². The molecule has 0 radical (unpaired) electrons. The van der Waals surface area contributed by atoms with Gasteiger partial charge in [0, 0.05) is 30.8 Å². The Kier molecular flexibility index (Phi) is 5.83. The average molecular weight is 393 g/mol. The molecule has 150 valence electrons. The van der Waals surface area contributed by atoms with Gasteiger partial charge in [-0.1, -0.05) is 24.3 Å². The van der Waals surface area contributed by atoms with Crippen LogP contribution in [-0.4, -0.2) is 41.7 Å². The van der Waals surface area contributed by atoms with Gasteiger partial charge in [0.25, 0.3) is 0 Å². The van der Waals surface area contributed by atoms with Gasteiger partial charge < -0.3 is 9.47 Å². The number of benzene rings is 2. The Morgan fingerprint density at radius 3 is 2.90 bits per heavy atom. The third-order valence-electron chi connectivity index (χ3n) is 5.12. The number of ether oxygens (including phenoxy) is 2. The second kappa shape index (κ2) is 8.68. The van der Waals surface area contributed by atoms with E-state index in [0.717, 1.165) is 24.4 Å². The van der Waals surface area contributed by atoms with Crippen molar-refractivity contribution in [3.05, 3.63) is 77.5 Å². The van der Waals surface area contributed by atoms with E-state index >= 15 is 0 Å². The molecule has 1 fully saturated rings. The number of aryl methyl sites for hydroxylation is 1. The quantitative estimate of drug-likeness (QED) is 0.651. The minimum atomic E-state index is -0.309. The van der Waals surface area contributed by atoms with Crippen molar-refractivity contribution >= 4 is 0 Å². The van der Waals surface area contributed by atoms with Crippen LogP contribution in [0.4, 0.5) is 4.39 Å². The predicted molar refractivity (Wildman–Crippen MR) is 109 cm³/mol. The highest BCUT2D eigenvalue weighted by Crippen LogP contribution is 2.27. The summed E-state index contributed by atoms with van der Waals surface area (Å²) in [6.07, 6.45) is 3.07. The van der Waals surface area contributed by atoms with Crippen LogP contribution in [0.25, 0.3) is 11.3 Å². The lowest BCUT2D eigenvalue weighted by atomic mass is 10.1. The molecule has 2 aromatic carbocycles. The van der Waals surface area contributed by atoms with E-state index in [1.54, 1.807) is 37.7 Å². The molecule has 0 bridgehead atoms. The number of methoxy groups -OCH3 is 1. The normalized spacial score (nSPS) is 17.3. The molecule has 0 N–H and O–H groups in total. The molecular formula is C23H24FN3O2. The molecule has 3 aromatic rings. The van der Waals surface area contributed by atoms with Gasteiger partial charge in [-0.15, -0.1) is 0 Å². The predicted octanol–water partition coefficient (Wildman–Crippen LogP) is 4.17. The van der Waals surface area contributed by atoms with Gasteiger partial charge >= 0.3 is 0 Å². The zero-order chi connectivity index (χ0) is 20.2. The molecule has 0 spiro atoms. The van der Waals surface area contributed by atoms with Gasteiger partial charge in [-0.3, -0.25) is 9.88 Å². The fourth-order valence-electron chi connectivity index (χ4n) is 3.58. The van der Waals surface area contributed by atoms with Crippen molar-refractivity contribution in [2.45, 2.75) is 19.6 Å². The number of nitrogens with zero attached hydrogens (tertiary/aromatic N) is 3. The highest BCUT2D eigenvalue weighted by molar-refractivity contribution is 5.58. The first-order valence-electron chi connectivity index (χ1n) is 9.68. The number of morpholine rings is 1. The summed E-state index contributed by atoms with van der Waals surface area (Å²) < 4.78 is 25.6. The summed E-state index contributed by atoms with van der Waals surface area (Å²) >= 11 is 0. The SMILES string of the molecule is COc1cc(C)ccc1CN1CCO[C@@H](c2cncc(-c3ccccc3F)n2)C1. The van der Waals surface area contributed by atoms with E-state index < -0.39 is 0 Å². The molecule has 29 heavy (non-hydrogen) atoms. The molecule has 1 aliphatic rings. The van der Waals surface area contributed by atoms with Crippen molar-refractivity contribution in [1.29, 1.82) is 0 Å². The fraction of sp³-hybridized carbons (Fsp3) is 0.304. The Morgan fingerprint density at radius 2 is 2.07 bits per heavy atom. The van der Waals surface area contributed by atoms with Crippen molar-refractivity contribution in [2.24, 2.45) is 0 Å². The van der Waals surface area contributed by atoms with Gasteiger partial charge in [0.2, 0.25) is 0 Å². The van der Waals surface area contributed by atoms with Gasteiger partial charge in [0.05, 0.1) is 37.5 Å². The summed E-state index contributed by atoms with van der Waals surface area (Å²) in [6, 6.07) is 12.9. The van der Waals surface area contributed by atoms with E-state index in [9.17, 15) is 4.39 Å². The van der Waals surface area contributed by atoms with Crippen molar-refractivity contribution in [1.82, 2.24) is 14.9 Å². The lowest BCUT2D eigenvalue weighted by molar-refractivity contribution is -0.0352. The van der Waals surface area contributed by atoms with Crippen LogP contribution in [0.2, 0.25) is 0 Å². The molecule has 6 heteroatoms. The Morgan fingerprint density at radius 1 is 1.21 bits per heavy atom. The molecule has 1 atom stereocenters. The molecule has 0 unspecified atom stereocenters. The van der Waals surface area contributed by atoms with Crippen molar-refractivity contribution < 1.29 is 13.9 Å². The minimum Gasteiger partial charge on any atom is -0.496 e. The highest BCUT2D eigenvalue weighted by atomic mass is 19.1. The van der Waals surface area contributed by atoms with E-state index in [2.05, 4.69) is 40.0 Å². The fourth-order valence-corrected chi connectivity index (χ4v) is 3.58. The maximum absolute atomic E-state index is 14.1. The largest absolute Gasteiger partial charge is 0.496 e. The van der Waals surface area contributed by atoms with Crippen molar-refractivity contribution in [3.8, 4) is 17.0 Å². The van der Waals surface area contributed by atoms with Crippen LogP contribution >= 0.6 is 0 Å². The second-order valence-electron chi connectivity index (χ2n) is 7.22. The zero-order valence-corrected chi connectivity index (χ0v) is 16.6. The molecule has 0 aliphatic carbocycles. The molecular weight excluding hydrogens is 369 g/mol.